The summed E-state index contributed by atoms with van der Waals surface area (Å²) in [5, 5.41) is 3.67. The molecule has 0 aromatic rings. The van der Waals surface area contributed by atoms with E-state index in [0.717, 1.165) is 18.6 Å². The highest BCUT2D eigenvalue weighted by atomic mass is 15.2. The van der Waals surface area contributed by atoms with Crippen molar-refractivity contribution in [1.82, 2.24) is 10.2 Å². The topological polar surface area (TPSA) is 15.3 Å². The lowest BCUT2D eigenvalue weighted by atomic mass is 10.1. The van der Waals surface area contributed by atoms with Crippen molar-refractivity contribution < 1.29 is 0 Å². The van der Waals surface area contributed by atoms with Crippen molar-refractivity contribution in [2.75, 3.05) is 19.6 Å². The SMILES string of the molecule is C=CCN1CCC2CCC(C1)N2. The molecule has 0 spiro atoms. The minimum Gasteiger partial charge on any atom is -0.310 e. The van der Waals surface area contributed by atoms with Crippen LogP contribution in [0.25, 0.3) is 0 Å². The summed E-state index contributed by atoms with van der Waals surface area (Å²) in [6, 6.07) is 1.57. The van der Waals surface area contributed by atoms with E-state index in [0.29, 0.717) is 0 Å². The van der Waals surface area contributed by atoms with Crippen LogP contribution in [-0.4, -0.2) is 36.6 Å². The zero-order valence-corrected chi connectivity index (χ0v) is 7.63. The molecule has 0 saturated carbocycles. The number of nitrogens with one attached hydrogen (secondary N) is 1. The third-order valence-electron chi connectivity index (χ3n) is 2.99. The van der Waals surface area contributed by atoms with Crippen molar-refractivity contribution in [2.45, 2.75) is 31.3 Å². The molecule has 2 nitrogen and oxygen atoms in total. The summed E-state index contributed by atoms with van der Waals surface area (Å²) < 4.78 is 0. The van der Waals surface area contributed by atoms with Crippen LogP contribution in [0.4, 0.5) is 0 Å². The second kappa shape index (κ2) is 3.58. The molecule has 12 heavy (non-hydrogen) atoms. The van der Waals surface area contributed by atoms with Gasteiger partial charge in [0, 0.05) is 31.7 Å². The van der Waals surface area contributed by atoms with Crippen LogP contribution in [-0.2, 0) is 0 Å². The predicted octanol–water partition coefficient (Wildman–Crippen LogP) is 0.999. The first kappa shape index (κ1) is 8.27. The fraction of sp³-hybridized carbons (Fsp3) is 0.800. The van der Waals surface area contributed by atoms with Crippen molar-refractivity contribution >= 4 is 0 Å². The van der Waals surface area contributed by atoms with Gasteiger partial charge in [-0.15, -0.1) is 6.58 Å². The van der Waals surface area contributed by atoms with E-state index in [2.05, 4.69) is 16.8 Å². The van der Waals surface area contributed by atoms with Gasteiger partial charge in [-0.3, -0.25) is 4.90 Å². The average Bonchev–Trinajstić information content (AvgIpc) is 2.37. The normalized spacial score (nSPS) is 36.3. The van der Waals surface area contributed by atoms with Crippen LogP contribution in [0.15, 0.2) is 12.7 Å². The highest BCUT2D eigenvalue weighted by molar-refractivity contribution is 4.90. The van der Waals surface area contributed by atoms with E-state index in [1.807, 2.05) is 6.08 Å². The van der Waals surface area contributed by atoms with Gasteiger partial charge in [0.05, 0.1) is 0 Å². The smallest absolute Gasteiger partial charge is 0.0198 e. The summed E-state index contributed by atoms with van der Waals surface area (Å²) in [6.45, 7) is 7.32. The second-order valence-electron chi connectivity index (χ2n) is 3.97. The fourth-order valence-electron chi connectivity index (χ4n) is 2.36. The molecule has 2 atom stereocenters. The molecule has 2 aliphatic rings. The number of fused-ring (bicyclic) bond motifs is 2. The first-order valence-electron chi connectivity index (χ1n) is 4.98. The van der Waals surface area contributed by atoms with Crippen molar-refractivity contribution in [3.63, 3.8) is 0 Å². The number of hydrogen-bond acceptors (Lipinski definition) is 2. The Hall–Kier alpha value is -0.340. The van der Waals surface area contributed by atoms with E-state index in [4.69, 9.17) is 0 Å². The molecular weight excluding hydrogens is 148 g/mol. The average molecular weight is 166 g/mol. The minimum absolute atomic E-state index is 0.762. The van der Waals surface area contributed by atoms with E-state index in [9.17, 15) is 0 Å². The Morgan fingerprint density at radius 1 is 1.33 bits per heavy atom. The van der Waals surface area contributed by atoms with E-state index in [1.54, 1.807) is 0 Å². The number of nitrogens with zero attached hydrogens (tertiary/aromatic N) is 1. The van der Waals surface area contributed by atoms with Crippen LogP contribution in [0.2, 0.25) is 0 Å². The highest BCUT2D eigenvalue weighted by Gasteiger charge is 2.28. The Bertz CT molecular complexity index is 167. The molecule has 2 heteroatoms. The molecule has 2 heterocycles. The van der Waals surface area contributed by atoms with Gasteiger partial charge in [-0.05, 0) is 19.3 Å². The molecule has 2 aliphatic heterocycles. The Balaban J connectivity index is 1.91. The van der Waals surface area contributed by atoms with Crippen LogP contribution in [0.1, 0.15) is 19.3 Å². The molecule has 2 bridgehead atoms. The molecule has 2 rings (SSSR count). The molecule has 68 valence electrons. The molecule has 2 unspecified atom stereocenters. The van der Waals surface area contributed by atoms with Gasteiger partial charge in [-0.25, -0.2) is 0 Å². The highest BCUT2D eigenvalue weighted by Crippen LogP contribution is 2.19. The quantitative estimate of drug-likeness (QED) is 0.616. The number of rotatable bonds is 2. The van der Waals surface area contributed by atoms with Crippen LogP contribution in [0, 0.1) is 0 Å². The van der Waals surface area contributed by atoms with Crippen LogP contribution in [0.5, 0.6) is 0 Å². The number of hydrogen-bond donors (Lipinski definition) is 1. The summed E-state index contributed by atoms with van der Waals surface area (Å²) in [7, 11) is 0. The van der Waals surface area contributed by atoms with Gasteiger partial charge in [0.1, 0.15) is 0 Å². The lowest BCUT2D eigenvalue weighted by Crippen LogP contribution is -2.35. The third-order valence-corrected chi connectivity index (χ3v) is 2.99. The van der Waals surface area contributed by atoms with Gasteiger partial charge in [0.2, 0.25) is 0 Å². The maximum absolute atomic E-state index is 3.79. The van der Waals surface area contributed by atoms with Crippen molar-refractivity contribution in [1.29, 1.82) is 0 Å². The van der Waals surface area contributed by atoms with Gasteiger partial charge < -0.3 is 5.32 Å². The van der Waals surface area contributed by atoms with Gasteiger partial charge in [-0.1, -0.05) is 6.08 Å². The zero-order chi connectivity index (χ0) is 8.39. The molecule has 2 saturated heterocycles. The summed E-state index contributed by atoms with van der Waals surface area (Å²) in [5.41, 5.74) is 0. The van der Waals surface area contributed by atoms with E-state index in [-0.39, 0.29) is 0 Å². The maximum atomic E-state index is 3.79. The molecule has 1 N–H and O–H groups in total. The Morgan fingerprint density at radius 3 is 3.00 bits per heavy atom. The monoisotopic (exact) mass is 166 g/mol. The van der Waals surface area contributed by atoms with Crippen molar-refractivity contribution in [3.05, 3.63) is 12.7 Å². The van der Waals surface area contributed by atoms with Gasteiger partial charge in [0.25, 0.3) is 0 Å². The van der Waals surface area contributed by atoms with Gasteiger partial charge in [-0.2, -0.15) is 0 Å². The van der Waals surface area contributed by atoms with Crippen LogP contribution < -0.4 is 5.32 Å². The Morgan fingerprint density at radius 2 is 2.17 bits per heavy atom. The maximum Gasteiger partial charge on any atom is 0.0198 e. The molecule has 0 aromatic carbocycles. The third kappa shape index (κ3) is 1.70. The molecule has 0 aliphatic carbocycles. The lowest BCUT2D eigenvalue weighted by Gasteiger charge is -2.21. The van der Waals surface area contributed by atoms with Crippen LogP contribution in [0.3, 0.4) is 0 Å². The lowest BCUT2D eigenvalue weighted by molar-refractivity contribution is 0.285. The van der Waals surface area contributed by atoms with Gasteiger partial charge >= 0.3 is 0 Å². The molecule has 0 radical (unpaired) electrons. The zero-order valence-electron chi connectivity index (χ0n) is 7.63. The van der Waals surface area contributed by atoms with Gasteiger partial charge in [0.15, 0.2) is 0 Å². The summed E-state index contributed by atoms with van der Waals surface area (Å²) >= 11 is 0. The molecule has 0 aromatic heterocycles. The van der Waals surface area contributed by atoms with E-state index < -0.39 is 0 Å². The first-order valence-corrected chi connectivity index (χ1v) is 4.98. The second-order valence-corrected chi connectivity index (χ2v) is 3.97. The summed E-state index contributed by atoms with van der Waals surface area (Å²) in [5.74, 6) is 0. The first-order chi connectivity index (χ1) is 5.88. The van der Waals surface area contributed by atoms with E-state index >= 15 is 0 Å². The van der Waals surface area contributed by atoms with Crippen LogP contribution >= 0.6 is 0 Å². The molecule has 0 amide bonds. The summed E-state index contributed by atoms with van der Waals surface area (Å²) in [4.78, 5) is 2.50. The Labute approximate surface area is 74.6 Å². The molecular formula is C10H18N2. The molecule has 2 fully saturated rings. The minimum atomic E-state index is 0.762. The van der Waals surface area contributed by atoms with Crippen molar-refractivity contribution in [3.8, 4) is 0 Å². The van der Waals surface area contributed by atoms with Crippen molar-refractivity contribution in [2.24, 2.45) is 0 Å². The largest absolute Gasteiger partial charge is 0.310 e. The standard InChI is InChI=1S/C10H18N2/c1-2-6-12-7-5-9-3-4-10(8-12)11-9/h2,9-11H,1,3-8H2. The number of likely N-dealkylation sites (tertiary alicyclic amines) is 1. The summed E-state index contributed by atoms with van der Waals surface area (Å²) in [6.07, 6.45) is 6.11. The Kier molecular flexibility index (Phi) is 2.47. The van der Waals surface area contributed by atoms with E-state index in [1.165, 1.54) is 32.4 Å². The predicted molar refractivity (Wildman–Crippen MR) is 51.2 cm³/mol. The fourth-order valence-corrected chi connectivity index (χ4v) is 2.36.